The van der Waals surface area contributed by atoms with Crippen molar-refractivity contribution in [3.63, 3.8) is 0 Å². The first-order valence-electron chi connectivity index (χ1n) is 9.18. The van der Waals surface area contributed by atoms with Crippen LogP contribution in [0.5, 0.6) is 0 Å². The number of rotatable bonds is 5. The highest BCUT2D eigenvalue weighted by Gasteiger charge is 2.23. The lowest BCUT2D eigenvalue weighted by Gasteiger charge is -2.23. The second-order valence-electron chi connectivity index (χ2n) is 6.59. The molecule has 0 radical (unpaired) electrons. The Morgan fingerprint density at radius 2 is 2.15 bits per heavy atom. The van der Waals surface area contributed by atoms with Gasteiger partial charge in [-0.25, -0.2) is 0 Å². The van der Waals surface area contributed by atoms with Crippen LogP contribution in [0.25, 0.3) is 0 Å². The van der Waals surface area contributed by atoms with E-state index in [1.54, 1.807) is 6.26 Å². The van der Waals surface area contributed by atoms with Crippen molar-refractivity contribution < 1.29 is 9.15 Å². The number of guanidine groups is 1. The monoisotopic (exact) mass is 467 g/mol. The second-order valence-corrected chi connectivity index (χ2v) is 6.59. The van der Waals surface area contributed by atoms with Gasteiger partial charge in [0.2, 0.25) is 0 Å². The van der Waals surface area contributed by atoms with E-state index in [4.69, 9.17) is 14.1 Å². The van der Waals surface area contributed by atoms with Crippen molar-refractivity contribution in [2.75, 3.05) is 31.1 Å². The summed E-state index contributed by atoms with van der Waals surface area (Å²) in [6.07, 6.45) is 6.16. The highest BCUT2D eigenvalue weighted by Crippen LogP contribution is 2.27. The first-order valence-corrected chi connectivity index (χ1v) is 9.18. The van der Waals surface area contributed by atoms with Crippen molar-refractivity contribution in [2.45, 2.75) is 31.8 Å². The molecule has 1 aromatic heterocycles. The van der Waals surface area contributed by atoms with Crippen LogP contribution in [0.2, 0.25) is 0 Å². The number of aliphatic imine (C=N–C) groups is 1. The van der Waals surface area contributed by atoms with E-state index in [-0.39, 0.29) is 30.1 Å². The third kappa shape index (κ3) is 4.59. The van der Waals surface area contributed by atoms with Crippen LogP contribution in [0.1, 0.15) is 24.2 Å². The van der Waals surface area contributed by atoms with Crippen molar-refractivity contribution in [3.8, 4) is 0 Å². The third-order valence-electron chi connectivity index (χ3n) is 4.85. The van der Waals surface area contributed by atoms with E-state index in [0.29, 0.717) is 0 Å². The summed E-state index contributed by atoms with van der Waals surface area (Å²) in [7, 11) is 0. The predicted molar refractivity (Wildman–Crippen MR) is 115 cm³/mol. The molecule has 5 nitrogen and oxygen atoms in total. The van der Waals surface area contributed by atoms with Crippen molar-refractivity contribution in [3.05, 3.63) is 54.0 Å². The Labute approximate surface area is 171 Å². The maximum absolute atomic E-state index is 5.73. The van der Waals surface area contributed by atoms with Gasteiger partial charge in [0.05, 0.1) is 18.9 Å². The summed E-state index contributed by atoms with van der Waals surface area (Å²) in [5.74, 6) is 1.94. The SMILES string of the molecule is I.c1coc(CCNC(=NCC2CCCO2)N2CCc3ccccc32)c1. The molecule has 1 fully saturated rings. The maximum Gasteiger partial charge on any atom is 0.198 e. The minimum absolute atomic E-state index is 0. The highest BCUT2D eigenvalue weighted by molar-refractivity contribution is 14.0. The molecule has 0 amide bonds. The van der Waals surface area contributed by atoms with Gasteiger partial charge in [0.25, 0.3) is 0 Å². The fraction of sp³-hybridized carbons (Fsp3) is 0.450. The topological polar surface area (TPSA) is 50.0 Å². The standard InChI is InChI=1S/C20H25N3O2.HI/c1-2-8-19-16(5-1)10-12-23(19)20(22-15-18-7-4-14-25-18)21-11-9-17-6-3-13-24-17;/h1-3,5-6,8,13,18H,4,7,9-12,14-15H2,(H,21,22);1H. The summed E-state index contributed by atoms with van der Waals surface area (Å²) in [6.45, 7) is 3.36. The van der Waals surface area contributed by atoms with Gasteiger partial charge in [-0.2, -0.15) is 0 Å². The molecular formula is C20H26IN3O2. The number of fused-ring (bicyclic) bond motifs is 1. The minimum atomic E-state index is 0. The summed E-state index contributed by atoms with van der Waals surface area (Å²) in [5.41, 5.74) is 2.65. The highest BCUT2D eigenvalue weighted by atomic mass is 127. The summed E-state index contributed by atoms with van der Waals surface area (Å²) in [4.78, 5) is 7.18. The average molecular weight is 467 g/mol. The van der Waals surface area contributed by atoms with E-state index < -0.39 is 0 Å². The zero-order chi connectivity index (χ0) is 16.9. The molecule has 1 atom stereocenters. The van der Waals surface area contributed by atoms with Gasteiger partial charge in [-0.1, -0.05) is 18.2 Å². The van der Waals surface area contributed by atoms with Crippen LogP contribution < -0.4 is 10.2 Å². The number of halogens is 1. The van der Waals surface area contributed by atoms with Crippen LogP contribution in [0.15, 0.2) is 52.1 Å². The van der Waals surface area contributed by atoms with E-state index in [0.717, 1.165) is 63.6 Å². The summed E-state index contributed by atoms with van der Waals surface area (Å²) >= 11 is 0. The Hall–Kier alpha value is -1.54. The lowest BCUT2D eigenvalue weighted by molar-refractivity contribution is 0.117. The Morgan fingerprint density at radius 1 is 1.23 bits per heavy atom. The van der Waals surface area contributed by atoms with Crippen LogP contribution in [0.3, 0.4) is 0 Å². The van der Waals surface area contributed by atoms with Gasteiger partial charge < -0.3 is 19.4 Å². The summed E-state index contributed by atoms with van der Waals surface area (Å²) in [6, 6.07) is 12.5. The van der Waals surface area contributed by atoms with Crippen LogP contribution in [-0.4, -0.2) is 38.3 Å². The van der Waals surface area contributed by atoms with Gasteiger partial charge in [-0.05, 0) is 43.0 Å². The molecule has 1 unspecified atom stereocenters. The molecule has 1 N–H and O–H groups in total. The zero-order valence-corrected chi connectivity index (χ0v) is 17.2. The normalized spacial score (nSPS) is 19.3. The molecule has 3 heterocycles. The lowest BCUT2D eigenvalue weighted by Crippen LogP contribution is -2.42. The fourth-order valence-electron chi connectivity index (χ4n) is 3.52. The molecule has 26 heavy (non-hydrogen) atoms. The van der Waals surface area contributed by atoms with E-state index >= 15 is 0 Å². The number of anilines is 1. The predicted octanol–water partition coefficient (Wildman–Crippen LogP) is 3.63. The molecule has 4 rings (SSSR count). The molecular weight excluding hydrogens is 441 g/mol. The molecule has 1 aromatic carbocycles. The quantitative estimate of drug-likeness (QED) is 0.415. The molecule has 6 heteroatoms. The summed E-state index contributed by atoms with van der Waals surface area (Å²) < 4.78 is 11.2. The van der Waals surface area contributed by atoms with Crippen LogP contribution in [-0.2, 0) is 17.6 Å². The number of benzene rings is 1. The largest absolute Gasteiger partial charge is 0.469 e. The number of para-hydroxylation sites is 1. The number of ether oxygens (including phenoxy) is 1. The van der Waals surface area contributed by atoms with Gasteiger partial charge in [0.1, 0.15) is 5.76 Å². The minimum Gasteiger partial charge on any atom is -0.469 e. The molecule has 0 bridgehead atoms. The zero-order valence-electron chi connectivity index (χ0n) is 14.9. The first-order chi connectivity index (χ1) is 12.4. The first kappa shape index (κ1) is 19.2. The Morgan fingerprint density at radius 3 is 2.96 bits per heavy atom. The number of nitrogens with one attached hydrogen (secondary N) is 1. The number of furan rings is 1. The molecule has 2 aliphatic rings. The van der Waals surface area contributed by atoms with E-state index in [1.807, 2.05) is 12.1 Å². The molecule has 0 aliphatic carbocycles. The number of nitrogens with zero attached hydrogens (tertiary/aromatic N) is 2. The number of hydrogen-bond acceptors (Lipinski definition) is 3. The van der Waals surface area contributed by atoms with E-state index in [9.17, 15) is 0 Å². The molecule has 2 aliphatic heterocycles. The molecule has 2 aromatic rings. The van der Waals surface area contributed by atoms with Gasteiger partial charge in [-0.15, -0.1) is 24.0 Å². The Kier molecular flexibility index (Phi) is 6.96. The second kappa shape index (κ2) is 9.41. The van der Waals surface area contributed by atoms with Crippen LogP contribution in [0.4, 0.5) is 5.69 Å². The summed E-state index contributed by atoms with van der Waals surface area (Å²) in [5, 5.41) is 3.53. The van der Waals surface area contributed by atoms with Crippen molar-refractivity contribution in [1.29, 1.82) is 0 Å². The van der Waals surface area contributed by atoms with Gasteiger partial charge in [-0.3, -0.25) is 4.99 Å². The third-order valence-corrected chi connectivity index (χ3v) is 4.85. The van der Waals surface area contributed by atoms with E-state index in [1.165, 1.54) is 11.3 Å². The Bertz CT molecular complexity index is 712. The van der Waals surface area contributed by atoms with Gasteiger partial charge in [0.15, 0.2) is 5.96 Å². The van der Waals surface area contributed by atoms with Crippen molar-refractivity contribution >= 4 is 35.6 Å². The average Bonchev–Trinajstić information content (AvgIpc) is 3.39. The molecule has 0 saturated carbocycles. The van der Waals surface area contributed by atoms with Gasteiger partial charge in [0, 0.05) is 31.8 Å². The van der Waals surface area contributed by atoms with E-state index in [2.05, 4.69) is 34.5 Å². The fourth-order valence-corrected chi connectivity index (χ4v) is 3.52. The molecule has 1 saturated heterocycles. The van der Waals surface area contributed by atoms with Crippen LogP contribution >= 0.6 is 24.0 Å². The van der Waals surface area contributed by atoms with Gasteiger partial charge >= 0.3 is 0 Å². The molecule has 140 valence electrons. The van der Waals surface area contributed by atoms with Crippen molar-refractivity contribution in [1.82, 2.24) is 5.32 Å². The Balaban J connectivity index is 0.00000196. The smallest absolute Gasteiger partial charge is 0.198 e. The van der Waals surface area contributed by atoms with Crippen molar-refractivity contribution in [2.24, 2.45) is 4.99 Å². The maximum atomic E-state index is 5.73. The lowest BCUT2D eigenvalue weighted by atomic mass is 10.2. The van der Waals surface area contributed by atoms with Crippen LogP contribution in [0, 0.1) is 0 Å². The molecule has 0 spiro atoms. The number of hydrogen-bond donors (Lipinski definition) is 1.